The number of pyridine rings is 2. The molecule has 0 spiro atoms. The summed E-state index contributed by atoms with van der Waals surface area (Å²) in [4.78, 5) is 75.7. The maximum absolute atomic E-state index is 15.6. The second kappa shape index (κ2) is 20.7. The lowest BCUT2D eigenvalue weighted by Gasteiger charge is -2.29. The third kappa shape index (κ3) is 10.3. The molecule has 0 saturated carbocycles. The summed E-state index contributed by atoms with van der Waals surface area (Å²) < 4.78 is 68.4. The number of aliphatic imine (C=N–C) groups is 1. The van der Waals surface area contributed by atoms with Gasteiger partial charge >= 0.3 is 0 Å². The average Bonchev–Trinajstić information content (AvgIpc) is 4.34. The molecule has 3 aliphatic rings. The number of ether oxygens (including phenoxy) is 1. The number of aromatic amines is 1. The molecule has 1 saturated heterocycles. The Morgan fingerprint density at radius 2 is 1.84 bits per heavy atom. The van der Waals surface area contributed by atoms with Crippen molar-refractivity contribution in [1.29, 1.82) is 0 Å². The number of H-pyrrole nitrogens is 1. The molecule has 402 valence electrons. The van der Waals surface area contributed by atoms with Gasteiger partial charge in [-0.05, 0) is 78.6 Å². The Morgan fingerprint density at radius 1 is 1.06 bits per heavy atom. The predicted octanol–water partition coefficient (Wildman–Crippen LogP) is 6.95. The fraction of sp³-hybridized carbons (Fsp3) is 0.370. The van der Waals surface area contributed by atoms with Crippen LogP contribution in [0.25, 0.3) is 32.5 Å². The molecule has 3 amide bonds. The largest absolute Gasteiger partial charge is 0.476 e. The maximum Gasteiger partial charge on any atom is 0.274 e. The van der Waals surface area contributed by atoms with Crippen LogP contribution in [0.15, 0.2) is 86.9 Å². The van der Waals surface area contributed by atoms with E-state index in [0.29, 0.717) is 58.8 Å². The molecule has 4 N–H and O–H groups in total. The zero-order chi connectivity index (χ0) is 54.7. The molecular formula is C54H56F2N10O9S2. The molecule has 1 fully saturated rings. The van der Waals surface area contributed by atoms with Gasteiger partial charge in [0.15, 0.2) is 32.8 Å². The Labute approximate surface area is 445 Å². The maximum atomic E-state index is 15.6. The van der Waals surface area contributed by atoms with Gasteiger partial charge in [-0.2, -0.15) is 0 Å². The summed E-state index contributed by atoms with van der Waals surface area (Å²) in [6.07, 6.45) is 6.12. The van der Waals surface area contributed by atoms with Crippen LogP contribution in [0, 0.1) is 24.5 Å². The molecule has 10 rings (SSSR count). The summed E-state index contributed by atoms with van der Waals surface area (Å²) >= 11 is 1.54. The third-order valence-corrected chi connectivity index (χ3v) is 16.2. The Bertz CT molecular complexity index is 3680. The number of anilines is 2. The highest BCUT2D eigenvalue weighted by Gasteiger charge is 2.48. The molecule has 0 unspecified atom stereocenters. The number of nitrogens with one attached hydrogen (secondary N) is 3. The van der Waals surface area contributed by atoms with Gasteiger partial charge in [0.05, 0.1) is 59.0 Å². The van der Waals surface area contributed by atoms with E-state index in [-0.39, 0.29) is 95.7 Å². The molecule has 4 atom stereocenters. The predicted molar refractivity (Wildman–Crippen MR) is 285 cm³/mol. The van der Waals surface area contributed by atoms with Gasteiger partial charge in [-0.25, -0.2) is 32.2 Å². The number of amides is 3. The number of aromatic nitrogens is 5. The number of fused-ring (bicyclic) bond motifs is 2. The summed E-state index contributed by atoms with van der Waals surface area (Å²) in [5, 5.41) is 21.3. The van der Waals surface area contributed by atoms with Gasteiger partial charge < -0.3 is 44.4 Å². The number of nitrogens with zero attached hydrogens (tertiary/aromatic N) is 7. The summed E-state index contributed by atoms with van der Waals surface area (Å²) in [6, 6.07) is 12.2. The van der Waals surface area contributed by atoms with E-state index in [4.69, 9.17) is 14.3 Å². The number of likely N-dealkylation sites (tertiary alicyclic amines) is 1. The Morgan fingerprint density at radius 3 is 2.56 bits per heavy atom. The Balaban J connectivity index is 0.783. The van der Waals surface area contributed by atoms with Crippen molar-refractivity contribution in [2.45, 2.75) is 89.3 Å². The standard InChI is InChI=1S/C54H56F2N10O9S2/c1-28(2)44(51(69)66-24-35(67)18-41(66)48-61-53(71)54(4,62-48)33-12-10-30(11-13-33)47-29(3)60-27-76-47)42-20-43(63-75-42)74-15-9-7-8-14-57-50(68)36-19-40-37(16-31(36)26-77(6,72)73)38-25-64(5)52(70)46-45(38)32(21-58-46)23-65(40)49-39(56)17-34(55)22-59-49/h10-13,16-17,19-22,25,27-28,35,41,44,58,67H,7-9,14-15,18,23-24,26H2,1-6H3,(H,57,68)(H,61,62,71)/t35-,41+,44+,54+/m1/s1. The number of hydrogen-bond donors (Lipinski definition) is 4. The van der Waals surface area contributed by atoms with Gasteiger partial charge in [0.2, 0.25) is 5.91 Å². The number of aryl methyl sites for hydroxylation is 2. The van der Waals surface area contributed by atoms with Crippen LogP contribution in [0.3, 0.4) is 0 Å². The minimum absolute atomic E-state index is 0.0259. The van der Waals surface area contributed by atoms with Gasteiger partial charge in [0.1, 0.15) is 23.1 Å². The van der Waals surface area contributed by atoms with E-state index in [1.165, 1.54) is 26.9 Å². The van der Waals surface area contributed by atoms with Crippen molar-refractivity contribution >= 4 is 67.1 Å². The van der Waals surface area contributed by atoms with Gasteiger partial charge in [0.25, 0.3) is 23.3 Å². The van der Waals surface area contributed by atoms with E-state index in [9.17, 15) is 37.1 Å². The molecule has 0 aliphatic carbocycles. The number of amidine groups is 1. The lowest BCUT2D eigenvalue weighted by Crippen LogP contribution is -2.48. The Hall–Kier alpha value is -7.63. The first-order valence-electron chi connectivity index (χ1n) is 25.1. The normalized spacial score (nSPS) is 18.6. The number of thiazole rings is 1. The van der Waals surface area contributed by atoms with Crippen LogP contribution in [0.5, 0.6) is 5.88 Å². The first-order chi connectivity index (χ1) is 36.7. The third-order valence-electron chi connectivity index (χ3n) is 14.4. The smallest absolute Gasteiger partial charge is 0.274 e. The first-order valence-corrected chi connectivity index (χ1v) is 28.0. The summed E-state index contributed by atoms with van der Waals surface area (Å²) in [5.41, 5.74) is 5.10. The molecule has 8 heterocycles. The van der Waals surface area contributed by atoms with Crippen molar-refractivity contribution in [3.05, 3.63) is 128 Å². The molecule has 7 aromatic rings. The number of sulfone groups is 1. The van der Waals surface area contributed by atoms with Crippen LogP contribution >= 0.6 is 11.3 Å². The molecule has 2 aromatic carbocycles. The summed E-state index contributed by atoms with van der Waals surface area (Å²) in [6.45, 7) is 7.84. The van der Waals surface area contributed by atoms with E-state index >= 15 is 4.39 Å². The number of β-amino-alcohol motifs (C(OH)–C–C–N with tert-alkyl or cyclic N) is 1. The van der Waals surface area contributed by atoms with Crippen molar-refractivity contribution in [1.82, 2.24) is 40.2 Å². The highest BCUT2D eigenvalue weighted by atomic mass is 32.2. The van der Waals surface area contributed by atoms with E-state index in [1.54, 1.807) is 48.9 Å². The average molecular weight is 1090 g/mol. The number of aliphatic hydroxyl groups excluding tert-OH is 1. The van der Waals surface area contributed by atoms with Gasteiger partial charge in [-0.3, -0.25) is 19.2 Å². The van der Waals surface area contributed by atoms with E-state index in [0.717, 1.165) is 28.6 Å². The van der Waals surface area contributed by atoms with Crippen molar-refractivity contribution in [3.8, 4) is 27.4 Å². The second-order valence-electron chi connectivity index (χ2n) is 20.4. The quantitative estimate of drug-likeness (QED) is 0.0676. The second-order valence-corrected chi connectivity index (χ2v) is 23.4. The molecule has 0 radical (unpaired) electrons. The van der Waals surface area contributed by atoms with Crippen LogP contribution in [-0.4, -0.2) is 105 Å². The van der Waals surface area contributed by atoms with Crippen molar-refractivity contribution in [3.63, 3.8) is 0 Å². The SMILES string of the molecule is Cc1ncsc1-c1ccc([C@]2(C)N=C([C@@H]3C[C@@H](O)CN3C(=O)[C@H](c3cc(OCCCCCNC(=O)c4cc5c(cc4CS(C)(=O)=O)-c4cn(C)c(=O)c6[nH]cc(c46)CN5c4ncc(F)cc4F)no3)C(C)C)NC2=O)cc1. The summed E-state index contributed by atoms with van der Waals surface area (Å²) in [5.74, 6) is -4.17. The number of carbonyl (C=O) groups is 3. The topological polar surface area (TPSA) is 247 Å². The zero-order valence-corrected chi connectivity index (χ0v) is 44.7. The lowest BCUT2D eigenvalue weighted by atomic mass is 9.91. The molecular weight excluding hydrogens is 1030 g/mol. The molecule has 5 aromatic heterocycles. The highest BCUT2D eigenvalue weighted by molar-refractivity contribution is 7.89. The van der Waals surface area contributed by atoms with E-state index < -0.39 is 56.7 Å². The van der Waals surface area contributed by atoms with Crippen molar-refractivity contribution in [2.75, 3.05) is 30.9 Å². The number of halogens is 2. The van der Waals surface area contributed by atoms with Gasteiger partial charge in [-0.1, -0.05) is 38.1 Å². The molecule has 3 aliphatic heterocycles. The van der Waals surface area contributed by atoms with Crippen LogP contribution in [0.2, 0.25) is 0 Å². The number of hydrogen-bond acceptors (Lipinski definition) is 15. The fourth-order valence-electron chi connectivity index (χ4n) is 10.5. The molecule has 23 heteroatoms. The van der Waals surface area contributed by atoms with Crippen LogP contribution in [0.4, 0.5) is 20.3 Å². The van der Waals surface area contributed by atoms with E-state index in [2.05, 4.69) is 30.7 Å². The number of carbonyl (C=O) groups excluding carboxylic acids is 3. The number of rotatable bonds is 17. The van der Waals surface area contributed by atoms with Gasteiger partial charge in [0, 0.05) is 79.4 Å². The van der Waals surface area contributed by atoms with Crippen molar-refractivity contribution in [2.24, 2.45) is 18.0 Å². The Kier molecular flexibility index (Phi) is 14.2. The van der Waals surface area contributed by atoms with Gasteiger partial charge in [-0.15, -0.1) is 11.3 Å². The van der Waals surface area contributed by atoms with E-state index in [1.807, 2.05) is 45.0 Å². The van der Waals surface area contributed by atoms with Crippen molar-refractivity contribution < 1.29 is 45.9 Å². The number of aliphatic hydroxyl groups is 1. The molecule has 77 heavy (non-hydrogen) atoms. The first kappa shape index (κ1) is 52.8. The minimum Gasteiger partial charge on any atom is -0.476 e. The minimum atomic E-state index is -3.70. The monoisotopic (exact) mass is 1090 g/mol. The number of unbranched alkanes of at least 4 members (excludes halogenated alkanes) is 2. The fourth-order valence-corrected chi connectivity index (χ4v) is 12.1. The number of benzene rings is 2. The molecule has 0 bridgehead atoms. The lowest BCUT2D eigenvalue weighted by molar-refractivity contribution is -0.134. The zero-order valence-electron chi connectivity index (χ0n) is 43.0. The summed E-state index contributed by atoms with van der Waals surface area (Å²) in [7, 11) is -2.13. The van der Waals surface area contributed by atoms with Crippen LogP contribution in [-0.2, 0) is 44.3 Å². The van der Waals surface area contributed by atoms with Crippen LogP contribution < -0.4 is 25.8 Å². The van der Waals surface area contributed by atoms with Crippen LogP contribution in [0.1, 0.15) is 90.9 Å². The molecule has 19 nitrogen and oxygen atoms in total. The highest BCUT2D eigenvalue weighted by Crippen LogP contribution is 2.45.